The van der Waals surface area contributed by atoms with Gasteiger partial charge in [0, 0.05) is 0 Å². The van der Waals surface area contributed by atoms with Crippen molar-refractivity contribution in [3.8, 4) is 0 Å². The number of carbonyl (C=O) groups is 1. The van der Waals surface area contributed by atoms with Crippen LogP contribution in [0.4, 0.5) is 17.6 Å². The van der Waals surface area contributed by atoms with Crippen LogP contribution in [0, 0.1) is 5.41 Å². The van der Waals surface area contributed by atoms with Gasteiger partial charge in [-0.25, -0.2) is 4.39 Å². The average Bonchev–Trinajstić information content (AvgIpc) is 1.99. The summed E-state index contributed by atoms with van der Waals surface area (Å²) >= 11 is 0. The van der Waals surface area contributed by atoms with E-state index in [0.29, 0.717) is 13.8 Å². The number of hydrogen-bond acceptors (Lipinski definition) is 2. The molecule has 0 saturated carbocycles. The third-order valence-electron chi connectivity index (χ3n) is 2.02. The van der Waals surface area contributed by atoms with Crippen molar-refractivity contribution in [3.63, 3.8) is 0 Å². The first-order valence-corrected chi connectivity index (χ1v) is 3.71. The quantitative estimate of drug-likeness (QED) is 0.701. The van der Waals surface area contributed by atoms with Crippen LogP contribution in [0.15, 0.2) is 0 Å². The lowest BCUT2D eigenvalue weighted by atomic mass is 9.83. The lowest BCUT2D eigenvalue weighted by molar-refractivity contribution is -0.233. The highest BCUT2D eigenvalue weighted by Gasteiger charge is 2.55. The van der Waals surface area contributed by atoms with E-state index in [9.17, 15) is 22.4 Å². The zero-order chi connectivity index (χ0) is 11.7. The van der Waals surface area contributed by atoms with Crippen molar-refractivity contribution in [2.24, 2.45) is 11.1 Å². The summed E-state index contributed by atoms with van der Waals surface area (Å²) in [5.41, 5.74) is 2.00. The molecule has 0 aliphatic carbocycles. The van der Waals surface area contributed by atoms with Gasteiger partial charge in [-0.05, 0) is 13.8 Å². The van der Waals surface area contributed by atoms with Gasteiger partial charge in [-0.15, -0.1) is 0 Å². The van der Waals surface area contributed by atoms with Gasteiger partial charge in [-0.1, -0.05) is 0 Å². The van der Waals surface area contributed by atoms with Crippen LogP contribution >= 0.6 is 0 Å². The number of rotatable bonds is 3. The van der Waals surface area contributed by atoms with Gasteiger partial charge >= 0.3 is 12.1 Å². The van der Waals surface area contributed by atoms with Crippen molar-refractivity contribution in [2.45, 2.75) is 32.2 Å². The van der Waals surface area contributed by atoms with Gasteiger partial charge in [0.25, 0.3) is 0 Å². The number of aliphatic carboxylic acids is 1. The molecule has 0 aromatic rings. The van der Waals surface area contributed by atoms with Crippen LogP contribution in [0.1, 0.15) is 13.8 Å². The minimum atomic E-state index is -4.83. The van der Waals surface area contributed by atoms with E-state index in [0.717, 1.165) is 0 Å². The maximum absolute atomic E-state index is 13.1. The molecule has 0 heterocycles. The summed E-state index contributed by atoms with van der Waals surface area (Å²) < 4.78 is 49.8. The van der Waals surface area contributed by atoms with E-state index in [1.807, 2.05) is 0 Å². The zero-order valence-corrected chi connectivity index (χ0v) is 7.60. The second-order valence-corrected chi connectivity index (χ2v) is 3.49. The summed E-state index contributed by atoms with van der Waals surface area (Å²) in [5, 5.41) is 8.25. The van der Waals surface area contributed by atoms with Crippen molar-refractivity contribution in [1.82, 2.24) is 0 Å². The van der Waals surface area contributed by atoms with Gasteiger partial charge < -0.3 is 10.8 Å². The van der Waals surface area contributed by atoms with Crippen LogP contribution in [0.5, 0.6) is 0 Å². The Morgan fingerprint density at radius 1 is 1.36 bits per heavy atom. The van der Waals surface area contributed by atoms with E-state index in [-0.39, 0.29) is 0 Å². The number of alkyl halides is 4. The zero-order valence-electron chi connectivity index (χ0n) is 7.60. The number of carboxylic acid groups (broad SMARTS) is 1. The predicted molar refractivity (Wildman–Crippen MR) is 40.3 cm³/mol. The SMILES string of the molecule is CC(C)(C(F)[C@H](N)C(=O)O)C(F)(F)F. The lowest BCUT2D eigenvalue weighted by Crippen LogP contribution is -2.52. The Labute approximate surface area is 77.9 Å². The average molecular weight is 217 g/mol. The topological polar surface area (TPSA) is 63.3 Å². The fourth-order valence-corrected chi connectivity index (χ4v) is 0.730. The molecule has 0 fully saturated rings. The molecule has 3 nitrogen and oxygen atoms in total. The minimum Gasteiger partial charge on any atom is -0.480 e. The molecule has 0 aromatic carbocycles. The van der Waals surface area contributed by atoms with Crippen molar-refractivity contribution >= 4 is 5.97 Å². The second-order valence-electron chi connectivity index (χ2n) is 3.49. The number of halogens is 4. The van der Waals surface area contributed by atoms with Crippen LogP contribution in [0.25, 0.3) is 0 Å². The summed E-state index contributed by atoms with van der Waals surface area (Å²) in [7, 11) is 0. The molecule has 0 amide bonds. The van der Waals surface area contributed by atoms with Gasteiger partial charge in [0.05, 0.1) is 5.41 Å². The molecule has 7 heteroatoms. The molecular formula is C7H11F4NO2. The number of nitrogens with two attached hydrogens (primary N) is 1. The summed E-state index contributed by atoms with van der Waals surface area (Å²) in [4.78, 5) is 10.2. The third-order valence-corrected chi connectivity index (χ3v) is 2.02. The van der Waals surface area contributed by atoms with Crippen LogP contribution in [0.3, 0.4) is 0 Å². The standard InChI is InChI=1S/C7H11F4NO2/c1-6(2,7(9,10)11)4(8)3(12)5(13)14/h3-4H,12H2,1-2H3,(H,13,14)/t3-,4?/m0/s1. The van der Waals surface area contributed by atoms with E-state index in [1.54, 1.807) is 0 Å². The maximum atomic E-state index is 13.1. The largest absolute Gasteiger partial charge is 0.480 e. The lowest BCUT2D eigenvalue weighted by Gasteiger charge is -2.32. The summed E-state index contributed by atoms with van der Waals surface area (Å²) in [5.74, 6) is -1.80. The van der Waals surface area contributed by atoms with Crippen molar-refractivity contribution in [1.29, 1.82) is 0 Å². The van der Waals surface area contributed by atoms with Crippen molar-refractivity contribution < 1.29 is 27.5 Å². The molecule has 0 aromatic heterocycles. The summed E-state index contributed by atoms with van der Waals surface area (Å²) in [6.07, 6.45) is -7.51. The Hall–Kier alpha value is -0.850. The van der Waals surface area contributed by atoms with E-state index < -0.39 is 29.8 Å². The Morgan fingerprint density at radius 2 is 1.71 bits per heavy atom. The molecule has 0 spiro atoms. The smallest absolute Gasteiger partial charge is 0.396 e. The van der Waals surface area contributed by atoms with Crippen LogP contribution < -0.4 is 5.73 Å². The Kier molecular flexibility index (Phi) is 3.49. The minimum absolute atomic E-state index is 0.570. The first kappa shape index (κ1) is 13.2. The fraction of sp³-hybridized carbons (Fsp3) is 0.857. The third kappa shape index (κ3) is 2.34. The van der Waals surface area contributed by atoms with Gasteiger partial charge in [0.1, 0.15) is 12.2 Å². The number of hydrogen-bond donors (Lipinski definition) is 2. The highest BCUT2D eigenvalue weighted by molar-refractivity contribution is 5.74. The van der Waals surface area contributed by atoms with E-state index in [1.165, 1.54) is 0 Å². The molecule has 0 aliphatic heterocycles. The molecule has 84 valence electrons. The Morgan fingerprint density at radius 3 is 1.93 bits per heavy atom. The van der Waals surface area contributed by atoms with E-state index >= 15 is 0 Å². The molecule has 0 rings (SSSR count). The Bertz CT molecular complexity index is 226. The predicted octanol–water partition coefficient (Wildman–Crippen LogP) is 1.32. The molecule has 0 bridgehead atoms. The van der Waals surface area contributed by atoms with Gasteiger partial charge in [-0.2, -0.15) is 13.2 Å². The van der Waals surface area contributed by atoms with Gasteiger partial charge in [0.2, 0.25) is 0 Å². The number of carboxylic acids is 1. The highest BCUT2D eigenvalue weighted by Crippen LogP contribution is 2.42. The molecule has 1 unspecified atom stereocenters. The highest BCUT2D eigenvalue weighted by atomic mass is 19.4. The van der Waals surface area contributed by atoms with Crippen LogP contribution in [-0.2, 0) is 4.79 Å². The molecule has 0 saturated heterocycles. The first-order valence-electron chi connectivity index (χ1n) is 3.71. The normalized spacial score (nSPS) is 17.6. The van der Waals surface area contributed by atoms with Crippen LogP contribution in [-0.4, -0.2) is 29.5 Å². The monoisotopic (exact) mass is 217 g/mol. The van der Waals surface area contributed by atoms with E-state index in [2.05, 4.69) is 0 Å². The molecule has 0 aliphatic rings. The van der Waals surface area contributed by atoms with Crippen LogP contribution in [0.2, 0.25) is 0 Å². The maximum Gasteiger partial charge on any atom is 0.396 e. The molecular weight excluding hydrogens is 206 g/mol. The molecule has 3 N–H and O–H groups in total. The molecule has 0 radical (unpaired) electrons. The van der Waals surface area contributed by atoms with Crippen molar-refractivity contribution in [2.75, 3.05) is 0 Å². The van der Waals surface area contributed by atoms with Gasteiger partial charge in [-0.3, -0.25) is 4.79 Å². The Balaban J connectivity index is 4.84. The molecule has 2 atom stereocenters. The van der Waals surface area contributed by atoms with E-state index in [4.69, 9.17) is 10.8 Å². The summed E-state index contributed by atoms with van der Waals surface area (Å²) in [6, 6.07) is -2.17. The fourth-order valence-electron chi connectivity index (χ4n) is 0.730. The van der Waals surface area contributed by atoms with Gasteiger partial charge in [0.15, 0.2) is 0 Å². The first-order chi connectivity index (χ1) is 6.01. The second kappa shape index (κ2) is 3.72. The van der Waals surface area contributed by atoms with Crippen molar-refractivity contribution in [3.05, 3.63) is 0 Å². The summed E-state index contributed by atoms with van der Waals surface area (Å²) in [6.45, 7) is 1.14. The molecule has 14 heavy (non-hydrogen) atoms.